The highest BCUT2D eigenvalue weighted by molar-refractivity contribution is 5.82. The fraction of sp³-hybridized carbons (Fsp3) is 0.421. The van der Waals surface area contributed by atoms with Gasteiger partial charge in [-0.1, -0.05) is 24.3 Å². The van der Waals surface area contributed by atoms with Gasteiger partial charge in [0.2, 0.25) is 0 Å². The monoisotopic (exact) mass is 294 g/mol. The minimum absolute atomic E-state index is 0.223. The van der Waals surface area contributed by atoms with Crippen molar-refractivity contribution in [3.8, 4) is 0 Å². The number of hydrogen-bond acceptors (Lipinski definition) is 3. The molecule has 2 unspecified atom stereocenters. The standard InChI is InChI=1S/C19H22N2O/c1-2-13-12-21-10-8-14(13)11-18(21)19(22)16-7-9-20-17-6-4-3-5-15(16)17/h2-7,9,13-14,18-19,22H,1,8,10-12H2/t13-,14?,18+,19-/m0/s1. The Labute approximate surface area is 131 Å². The van der Waals surface area contributed by atoms with Crippen molar-refractivity contribution in [3.63, 3.8) is 0 Å². The third kappa shape index (κ3) is 2.16. The number of benzene rings is 1. The maximum absolute atomic E-state index is 11.0. The van der Waals surface area contributed by atoms with Crippen molar-refractivity contribution in [2.24, 2.45) is 11.8 Å². The van der Waals surface area contributed by atoms with E-state index in [9.17, 15) is 5.11 Å². The fourth-order valence-corrected chi connectivity index (χ4v) is 4.29. The Balaban J connectivity index is 1.67. The van der Waals surface area contributed by atoms with Gasteiger partial charge in [-0.15, -0.1) is 6.58 Å². The Morgan fingerprint density at radius 1 is 1.32 bits per heavy atom. The van der Waals surface area contributed by atoms with Crippen molar-refractivity contribution in [2.75, 3.05) is 13.1 Å². The molecule has 3 aliphatic heterocycles. The summed E-state index contributed by atoms with van der Waals surface area (Å²) < 4.78 is 0. The molecule has 5 atom stereocenters. The molecule has 3 nitrogen and oxygen atoms in total. The molecule has 0 spiro atoms. The summed E-state index contributed by atoms with van der Waals surface area (Å²) in [6.07, 6.45) is 5.76. The van der Waals surface area contributed by atoms with Crippen LogP contribution in [-0.2, 0) is 0 Å². The Bertz CT molecular complexity index is 693. The van der Waals surface area contributed by atoms with E-state index in [0.717, 1.165) is 36.0 Å². The lowest BCUT2D eigenvalue weighted by atomic mass is 9.73. The van der Waals surface area contributed by atoms with Gasteiger partial charge >= 0.3 is 0 Å². The lowest BCUT2D eigenvalue weighted by molar-refractivity contribution is -0.0444. The first-order valence-corrected chi connectivity index (χ1v) is 8.16. The lowest BCUT2D eigenvalue weighted by Crippen LogP contribution is -2.54. The molecule has 22 heavy (non-hydrogen) atoms. The van der Waals surface area contributed by atoms with E-state index in [1.807, 2.05) is 30.5 Å². The summed E-state index contributed by atoms with van der Waals surface area (Å²) in [4.78, 5) is 6.86. The van der Waals surface area contributed by atoms with Gasteiger partial charge in [0.15, 0.2) is 0 Å². The van der Waals surface area contributed by atoms with Crippen LogP contribution in [0.1, 0.15) is 24.5 Å². The van der Waals surface area contributed by atoms with Crippen LogP contribution < -0.4 is 0 Å². The number of piperidine rings is 3. The third-order valence-corrected chi connectivity index (χ3v) is 5.52. The van der Waals surface area contributed by atoms with Gasteiger partial charge in [-0.2, -0.15) is 0 Å². The topological polar surface area (TPSA) is 36.4 Å². The summed E-state index contributed by atoms with van der Waals surface area (Å²) in [5.74, 6) is 1.27. The number of aliphatic hydroxyl groups excluding tert-OH is 1. The van der Waals surface area contributed by atoms with E-state index in [1.165, 1.54) is 6.42 Å². The molecule has 5 rings (SSSR count). The summed E-state index contributed by atoms with van der Waals surface area (Å²) in [6.45, 7) is 6.11. The van der Waals surface area contributed by atoms with Crippen molar-refractivity contribution in [1.82, 2.24) is 9.88 Å². The molecule has 0 aliphatic carbocycles. The zero-order valence-electron chi connectivity index (χ0n) is 12.7. The molecule has 3 aliphatic rings. The van der Waals surface area contributed by atoms with Crippen LogP contribution in [0, 0.1) is 11.8 Å². The number of nitrogens with zero attached hydrogens (tertiary/aromatic N) is 2. The van der Waals surface area contributed by atoms with Crippen LogP contribution in [0.15, 0.2) is 49.2 Å². The third-order valence-electron chi connectivity index (χ3n) is 5.52. The molecule has 1 N–H and O–H groups in total. The first-order chi connectivity index (χ1) is 10.8. The normalized spacial score (nSPS) is 32.0. The van der Waals surface area contributed by atoms with Gasteiger partial charge < -0.3 is 5.11 Å². The second-order valence-electron chi connectivity index (χ2n) is 6.61. The van der Waals surface area contributed by atoms with Crippen molar-refractivity contribution in [1.29, 1.82) is 0 Å². The molecule has 4 heterocycles. The van der Waals surface area contributed by atoms with E-state index < -0.39 is 6.10 Å². The molecule has 1 aromatic heterocycles. The van der Waals surface area contributed by atoms with Crippen molar-refractivity contribution in [2.45, 2.75) is 25.0 Å². The number of hydrogen-bond donors (Lipinski definition) is 1. The van der Waals surface area contributed by atoms with Gasteiger partial charge in [0.1, 0.15) is 0 Å². The summed E-state index contributed by atoms with van der Waals surface area (Å²) in [7, 11) is 0. The van der Waals surface area contributed by atoms with Crippen LogP contribution in [-0.4, -0.2) is 34.1 Å². The molecular weight excluding hydrogens is 272 g/mol. The smallest absolute Gasteiger partial charge is 0.0952 e. The second kappa shape index (κ2) is 5.49. The number of aromatic nitrogens is 1. The van der Waals surface area contributed by atoms with Gasteiger partial charge in [0, 0.05) is 24.2 Å². The number of pyridine rings is 1. The predicted octanol–water partition coefficient (Wildman–Crippen LogP) is 3.16. The summed E-state index contributed by atoms with van der Waals surface area (Å²) >= 11 is 0. The summed E-state index contributed by atoms with van der Waals surface area (Å²) in [5, 5.41) is 12.1. The number of fused-ring (bicyclic) bond motifs is 4. The Morgan fingerprint density at radius 3 is 2.95 bits per heavy atom. The lowest BCUT2D eigenvalue weighted by Gasteiger charge is -2.50. The Kier molecular flexibility index (Phi) is 3.47. The first kappa shape index (κ1) is 13.9. The highest BCUT2D eigenvalue weighted by Crippen LogP contribution is 2.41. The number of aliphatic hydroxyl groups is 1. The molecule has 0 amide bonds. The number of para-hydroxylation sites is 1. The van der Waals surface area contributed by atoms with Crippen molar-refractivity contribution >= 4 is 10.9 Å². The summed E-state index contributed by atoms with van der Waals surface area (Å²) in [6, 6.07) is 10.3. The van der Waals surface area contributed by atoms with Gasteiger partial charge in [-0.25, -0.2) is 0 Å². The van der Waals surface area contributed by atoms with Crippen LogP contribution in [0.4, 0.5) is 0 Å². The van der Waals surface area contributed by atoms with E-state index in [1.54, 1.807) is 0 Å². The van der Waals surface area contributed by atoms with Crippen molar-refractivity contribution < 1.29 is 5.11 Å². The van der Waals surface area contributed by atoms with Crippen LogP contribution in [0.3, 0.4) is 0 Å². The number of rotatable bonds is 3. The zero-order chi connectivity index (χ0) is 15.1. The fourth-order valence-electron chi connectivity index (χ4n) is 4.29. The average Bonchev–Trinajstić information content (AvgIpc) is 2.60. The van der Waals surface area contributed by atoms with Gasteiger partial charge in [0.05, 0.1) is 11.6 Å². The minimum atomic E-state index is -0.443. The van der Waals surface area contributed by atoms with Crippen molar-refractivity contribution in [3.05, 3.63) is 54.7 Å². The van der Waals surface area contributed by atoms with E-state index in [0.29, 0.717) is 11.8 Å². The predicted molar refractivity (Wildman–Crippen MR) is 88.5 cm³/mol. The van der Waals surface area contributed by atoms with Crippen LogP contribution in [0.5, 0.6) is 0 Å². The SMILES string of the molecule is C=C[C@H]1CN2CCC1C[C@@H]2[C@@H](O)c1ccnc2ccccc12. The molecule has 114 valence electrons. The molecular formula is C19H22N2O. The van der Waals surface area contributed by atoms with Crippen LogP contribution in [0.2, 0.25) is 0 Å². The van der Waals surface area contributed by atoms with E-state index >= 15 is 0 Å². The molecule has 3 fully saturated rings. The maximum Gasteiger partial charge on any atom is 0.0952 e. The average molecular weight is 294 g/mol. The molecule has 1 aromatic carbocycles. The van der Waals surface area contributed by atoms with Crippen LogP contribution in [0.25, 0.3) is 10.9 Å². The van der Waals surface area contributed by atoms with E-state index in [-0.39, 0.29) is 6.04 Å². The van der Waals surface area contributed by atoms with Crippen LogP contribution >= 0.6 is 0 Å². The molecule has 3 heteroatoms. The molecule has 3 saturated heterocycles. The minimum Gasteiger partial charge on any atom is -0.387 e. The van der Waals surface area contributed by atoms with Gasteiger partial charge in [-0.3, -0.25) is 9.88 Å². The molecule has 2 bridgehead atoms. The Hall–Kier alpha value is -1.71. The Morgan fingerprint density at radius 2 is 2.18 bits per heavy atom. The maximum atomic E-state index is 11.0. The zero-order valence-corrected chi connectivity index (χ0v) is 12.7. The van der Waals surface area contributed by atoms with Gasteiger partial charge in [-0.05, 0) is 48.9 Å². The largest absolute Gasteiger partial charge is 0.387 e. The van der Waals surface area contributed by atoms with E-state index in [2.05, 4.69) is 28.6 Å². The highest BCUT2D eigenvalue weighted by atomic mass is 16.3. The second-order valence-corrected chi connectivity index (χ2v) is 6.61. The molecule has 0 saturated carbocycles. The first-order valence-electron chi connectivity index (χ1n) is 8.16. The van der Waals surface area contributed by atoms with E-state index in [4.69, 9.17) is 0 Å². The van der Waals surface area contributed by atoms with Gasteiger partial charge in [0.25, 0.3) is 0 Å². The molecule has 2 aromatic rings. The summed E-state index contributed by atoms with van der Waals surface area (Å²) in [5.41, 5.74) is 1.97. The quantitative estimate of drug-likeness (QED) is 0.883. The highest BCUT2D eigenvalue weighted by Gasteiger charge is 2.42. The molecule has 0 radical (unpaired) electrons.